The van der Waals surface area contributed by atoms with Gasteiger partial charge in [0.05, 0.1) is 17.0 Å². The maximum Gasteiger partial charge on any atom is 0.240 e. The first-order valence-electron chi connectivity index (χ1n) is 6.67. The molecule has 5 nitrogen and oxygen atoms in total. The lowest BCUT2D eigenvalue weighted by Crippen LogP contribution is -2.37. The molecule has 21 heavy (non-hydrogen) atoms. The van der Waals surface area contributed by atoms with E-state index in [9.17, 15) is 17.6 Å². The molecule has 0 saturated carbocycles. The zero-order valence-electron chi connectivity index (χ0n) is 11.3. The minimum Gasteiger partial charge on any atom is -0.351 e. The molecule has 0 bridgehead atoms. The summed E-state index contributed by atoms with van der Waals surface area (Å²) in [5.41, 5.74) is 0.643. The van der Waals surface area contributed by atoms with Crippen LogP contribution in [0.4, 0.5) is 4.39 Å². The fraction of sp³-hybridized carbons (Fsp3) is 0.357. The van der Waals surface area contributed by atoms with Crippen molar-refractivity contribution in [3.8, 4) is 0 Å². The number of sulfone groups is 1. The average molecular weight is 310 g/mol. The molecule has 1 aromatic carbocycles. The first-order chi connectivity index (χ1) is 9.93. The number of amides is 1. The van der Waals surface area contributed by atoms with Gasteiger partial charge in [0.15, 0.2) is 9.84 Å². The summed E-state index contributed by atoms with van der Waals surface area (Å²) in [6, 6.07) is 5.89. The van der Waals surface area contributed by atoms with Gasteiger partial charge in [0.2, 0.25) is 5.91 Å². The third-order valence-corrected chi connectivity index (χ3v) is 5.42. The molecule has 1 fully saturated rings. The summed E-state index contributed by atoms with van der Waals surface area (Å²) in [4.78, 5) is 12.0. The summed E-state index contributed by atoms with van der Waals surface area (Å²) in [7, 11) is -3.01. The molecule has 112 valence electrons. The summed E-state index contributed by atoms with van der Waals surface area (Å²) in [6.45, 7) is 0.0451. The van der Waals surface area contributed by atoms with Crippen LogP contribution >= 0.6 is 0 Å². The van der Waals surface area contributed by atoms with E-state index in [-0.39, 0.29) is 35.8 Å². The molecule has 1 aromatic heterocycles. The molecule has 2 heterocycles. The van der Waals surface area contributed by atoms with E-state index in [0.29, 0.717) is 11.9 Å². The number of benzene rings is 1. The second-order valence-corrected chi connectivity index (χ2v) is 7.54. The van der Waals surface area contributed by atoms with E-state index in [4.69, 9.17) is 0 Å². The van der Waals surface area contributed by atoms with Crippen molar-refractivity contribution in [2.45, 2.75) is 19.0 Å². The number of fused-ring (bicyclic) bond motifs is 1. The Balaban J connectivity index is 1.70. The van der Waals surface area contributed by atoms with Gasteiger partial charge in [-0.2, -0.15) is 0 Å². The Labute approximate surface area is 121 Å². The molecular weight excluding hydrogens is 295 g/mol. The lowest BCUT2D eigenvalue weighted by atomic mass is 10.2. The van der Waals surface area contributed by atoms with Crippen molar-refractivity contribution in [3.05, 3.63) is 36.3 Å². The van der Waals surface area contributed by atoms with E-state index in [0.717, 1.165) is 5.39 Å². The highest BCUT2D eigenvalue weighted by Gasteiger charge is 2.28. The molecule has 0 unspecified atom stereocenters. The standard InChI is InChI=1S/C14H15FN2O3S/c15-11-2-1-10-3-5-17(13(10)7-11)8-14(18)16-12-4-6-21(19,20)9-12/h1-3,5,7,12H,4,6,8-9H2,(H,16,18)/t12-/m0/s1. The zero-order valence-corrected chi connectivity index (χ0v) is 12.1. The molecule has 0 aliphatic carbocycles. The molecule has 1 saturated heterocycles. The Morgan fingerprint density at radius 1 is 1.38 bits per heavy atom. The van der Waals surface area contributed by atoms with E-state index in [1.54, 1.807) is 16.8 Å². The topological polar surface area (TPSA) is 68.2 Å². The van der Waals surface area contributed by atoms with Crippen molar-refractivity contribution in [1.29, 1.82) is 0 Å². The minimum atomic E-state index is -3.01. The van der Waals surface area contributed by atoms with Crippen molar-refractivity contribution < 1.29 is 17.6 Å². The largest absolute Gasteiger partial charge is 0.351 e. The average Bonchev–Trinajstić information content (AvgIpc) is 2.93. The van der Waals surface area contributed by atoms with Crippen LogP contribution in [0.5, 0.6) is 0 Å². The Hall–Kier alpha value is -1.89. The van der Waals surface area contributed by atoms with Crippen LogP contribution in [0.3, 0.4) is 0 Å². The van der Waals surface area contributed by atoms with E-state index in [2.05, 4.69) is 5.32 Å². The number of hydrogen-bond donors (Lipinski definition) is 1. The molecular formula is C14H15FN2O3S. The van der Waals surface area contributed by atoms with Crippen LogP contribution in [0, 0.1) is 5.82 Å². The van der Waals surface area contributed by atoms with Crippen LogP contribution in [0.15, 0.2) is 30.5 Å². The molecule has 0 spiro atoms. The molecule has 0 radical (unpaired) electrons. The van der Waals surface area contributed by atoms with Gasteiger partial charge in [-0.25, -0.2) is 12.8 Å². The van der Waals surface area contributed by atoms with Crippen LogP contribution in [-0.2, 0) is 21.2 Å². The highest BCUT2D eigenvalue weighted by molar-refractivity contribution is 7.91. The first-order valence-corrected chi connectivity index (χ1v) is 8.49. The molecule has 1 aliphatic rings. The van der Waals surface area contributed by atoms with Crippen molar-refractivity contribution in [3.63, 3.8) is 0 Å². The number of rotatable bonds is 3. The maximum atomic E-state index is 13.3. The first kappa shape index (κ1) is 14.1. The van der Waals surface area contributed by atoms with Gasteiger partial charge in [-0.15, -0.1) is 0 Å². The summed E-state index contributed by atoms with van der Waals surface area (Å²) >= 11 is 0. The predicted octanol–water partition coefficient (Wildman–Crippen LogP) is 1.08. The lowest BCUT2D eigenvalue weighted by Gasteiger charge is -2.12. The van der Waals surface area contributed by atoms with Gasteiger partial charge in [0.1, 0.15) is 12.4 Å². The van der Waals surface area contributed by atoms with Gasteiger partial charge < -0.3 is 9.88 Å². The second kappa shape index (κ2) is 5.14. The minimum absolute atomic E-state index is 0.000204. The molecule has 1 N–H and O–H groups in total. The Kier molecular flexibility index (Phi) is 3.44. The number of halogens is 1. The lowest BCUT2D eigenvalue weighted by molar-refractivity contribution is -0.122. The van der Waals surface area contributed by atoms with Crippen LogP contribution in [0.1, 0.15) is 6.42 Å². The quantitative estimate of drug-likeness (QED) is 0.922. The SMILES string of the molecule is O=C(Cn1ccc2ccc(F)cc21)N[C@H]1CCS(=O)(=O)C1. The van der Waals surface area contributed by atoms with Crippen LogP contribution in [-0.4, -0.2) is 36.4 Å². The molecule has 7 heteroatoms. The van der Waals surface area contributed by atoms with Gasteiger partial charge in [-0.3, -0.25) is 4.79 Å². The Morgan fingerprint density at radius 3 is 2.90 bits per heavy atom. The number of aromatic nitrogens is 1. The fourth-order valence-electron chi connectivity index (χ4n) is 2.63. The summed E-state index contributed by atoms with van der Waals surface area (Å²) in [5.74, 6) is -0.501. The summed E-state index contributed by atoms with van der Waals surface area (Å²) in [6.07, 6.45) is 2.17. The van der Waals surface area contributed by atoms with E-state index < -0.39 is 9.84 Å². The highest BCUT2D eigenvalue weighted by Crippen LogP contribution is 2.17. The number of hydrogen-bond acceptors (Lipinski definition) is 3. The van der Waals surface area contributed by atoms with Crippen LogP contribution in [0.25, 0.3) is 10.9 Å². The van der Waals surface area contributed by atoms with Crippen LogP contribution < -0.4 is 5.32 Å². The maximum absolute atomic E-state index is 13.3. The number of nitrogens with zero attached hydrogens (tertiary/aromatic N) is 1. The molecule has 3 rings (SSSR count). The van der Waals surface area contributed by atoms with E-state index in [1.165, 1.54) is 12.1 Å². The normalized spacial score (nSPS) is 20.7. The van der Waals surface area contributed by atoms with Crippen molar-refractivity contribution in [1.82, 2.24) is 9.88 Å². The van der Waals surface area contributed by atoms with Crippen molar-refractivity contribution in [2.24, 2.45) is 0 Å². The highest BCUT2D eigenvalue weighted by atomic mass is 32.2. The number of carbonyl (C=O) groups excluding carboxylic acids is 1. The fourth-order valence-corrected chi connectivity index (χ4v) is 4.31. The van der Waals surface area contributed by atoms with Gasteiger partial charge in [-0.05, 0) is 36.1 Å². The van der Waals surface area contributed by atoms with Crippen molar-refractivity contribution >= 4 is 26.6 Å². The van der Waals surface area contributed by atoms with E-state index in [1.807, 2.05) is 6.07 Å². The second-order valence-electron chi connectivity index (χ2n) is 5.31. The number of carbonyl (C=O) groups is 1. The smallest absolute Gasteiger partial charge is 0.240 e. The van der Waals surface area contributed by atoms with Gasteiger partial charge in [-0.1, -0.05) is 0 Å². The third-order valence-electron chi connectivity index (χ3n) is 3.65. The zero-order chi connectivity index (χ0) is 15.0. The third kappa shape index (κ3) is 3.07. The van der Waals surface area contributed by atoms with Crippen molar-refractivity contribution in [2.75, 3.05) is 11.5 Å². The Bertz CT molecular complexity index is 798. The summed E-state index contributed by atoms with van der Waals surface area (Å²) in [5, 5.41) is 3.57. The van der Waals surface area contributed by atoms with Gasteiger partial charge in [0.25, 0.3) is 0 Å². The van der Waals surface area contributed by atoms with Gasteiger partial charge >= 0.3 is 0 Å². The molecule has 1 aliphatic heterocycles. The van der Waals surface area contributed by atoms with E-state index >= 15 is 0 Å². The molecule has 1 amide bonds. The summed E-state index contributed by atoms with van der Waals surface area (Å²) < 4.78 is 37.6. The molecule has 2 aromatic rings. The van der Waals surface area contributed by atoms with Gasteiger partial charge in [0, 0.05) is 12.2 Å². The predicted molar refractivity (Wildman–Crippen MR) is 77.1 cm³/mol. The van der Waals surface area contributed by atoms with Crippen LogP contribution in [0.2, 0.25) is 0 Å². The monoisotopic (exact) mass is 310 g/mol. The number of nitrogens with one attached hydrogen (secondary N) is 1. The Morgan fingerprint density at radius 2 is 2.19 bits per heavy atom. The molecule has 1 atom stereocenters.